The van der Waals surface area contributed by atoms with E-state index in [9.17, 15) is 14.0 Å². The minimum Gasteiger partial charge on any atom is -0.332 e. The summed E-state index contributed by atoms with van der Waals surface area (Å²) in [5.41, 5.74) is 1.00. The smallest absolute Gasteiger partial charge is 0.267 e. The van der Waals surface area contributed by atoms with E-state index >= 15 is 0 Å². The minimum atomic E-state index is -0.643. The first-order valence-corrected chi connectivity index (χ1v) is 6.47. The van der Waals surface area contributed by atoms with Gasteiger partial charge >= 0.3 is 0 Å². The van der Waals surface area contributed by atoms with E-state index in [2.05, 4.69) is 10.2 Å². The van der Waals surface area contributed by atoms with Crippen LogP contribution in [-0.2, 0) is 13.0 Å². The first-order valence-electron chi connectivity index (χ1n) is 6.09. The Morgan fingerprint density at radius 1 is 1.35 bits per heavy atom. The van der Waals surface area contributed by atoms with Gasteiger partial charge < -0.3 is 10.00 Å². The van der Waals surface area contributed by atoms with Crippen molar-refractivity contribution in [3.63, 3.8) is 0 Å². The van der Waals surface area contributed by atoms with Gasteiger partial charge in [-0.2, -0.15) is 0 Å². The highest BCUT2D eigenvalue weighted by Gasteiger charge is 2.27. The van der Waals surface area contributed by atoms with Crippen LogP contribution >= 0.6 is 11.6 Å². The number of benzene rings is 1. The van der Waals surface area contributed by atoms with E-state index < -0.39 is 11.7 Å². The van der Waals surface area contributed by atoms with Gasteiger partial charge in [-0.3, -0.25) is 14.7 Å². The van der Waals surface area contributed by atoms with E-state index in [-0.39, 0.29) is 22.7 Å². The van der Waals surface area contributed by atoms with Gasteiger partial charge in [0.25, 0.3) is 11.5 Å². The summed E-state index contributed by atoms with van der Waals surface area (Å²) in [7, 11) is 0. The van der Waals surface area contributed by atoms with Gasteiger partial charge in [0.05, 0.1) is 22.8 Å². The molecule has 0 unspecified atom stereocenters. The fourth-order valence-corrected chi connectivity index (χ4v) is 2.61. The van der Waals surface area contributed by atoms with Gasteiger partial charge in [-0.05, 0) is 18.6 Å². The lowest BCUT2D eigenvalue weighted by Crippen LogP contribution is -2.37. The average Bonchev–Trinajstić information content (AvgIpc) is 2.79. The van der Waals surface area contributed by atoms with E-state index in [4.69, 9.17) is 11.6 Å². The molecule has 1 amide bonds. The van der Waals surface area contributed by atoms with E-state index in [0.29, 0.717) is 24.2 Å². The zero-order valence-corrected chi connectivity index (χ0v) is 11.1. The zero-order valence-electron chi connectivity index (χ0n) is 10.4. The van der Waals surface area contributed by atoms with Crippen molar-refractivity contribution in [1.29, 1.82) is 0 Å². The molecule has 1 aliphatic heterocycles. The lowest BCUT2D eigenvalue weighted by Gasteiger charge is -2.26. The highest BCUT2D eigenvalue weighted by molar-refractivity contribution is 6.33. The Kier molecular flexibility index (Phi) is 3.10. The molecule has 0 fully saturated rings. The molecule has 1 aromatic carbocycles. The second-order valence-corrected chi connectivity index (χ2v) is 5.02. The van der Waals surface area contributed by atoms with Gasteiger partial charge in [-0.25, -0.2) is 4.39 Å². The lowest BCUT2D eigenvalue weighted by molar-refractivity contribution is 0.0728. The molecule has 0 bridgehead atoms. The number of carbonyl (C=O) groups is 1. The monoisotopic (exact) mass is 295 g/mol. The van der Waals surface area contributed by atoms with Gasteiger partial charge in [0.15, 0.2) is 0 Å². The van der Waals surface area contributed by atoms with Crippen LogP contribution in [0.25, 0.3) is 0 Å². The first-order chi connectivity index (χ1) is 9.58. The van der Waals surface area contributed by atoms with Crippen molar-refractivity contribution >= 4 is 17.5 Å². The second kappa shape index (κ2) is 4.79. The number of aromatic amines is 2. The lowest BCUT2D eigenvalue weighted by atomic mass is 10.1. The normalized spacial score (nSPS) is 14.2. The maximum absolute atomic E-state index is 13.8. The number of halogens is 2. The number of rotatable bonds is 1. The molecule has 1 aliphatic rings. The van der Waals surface area contributed by atoms with Crippen LogP contribution in [0.15, 0.2) is 23.0 Å². The van der Waals surface area contributed by atoms with Crippen molar-refractivity contribution in [3.05, 3.63) is 56.2 Å². The number of nitrogens with zero attached hydrogens (tertiary/aromatic N) is 1. The van der Waals surface area contributed by atoms with Crippen LogP contribution in [0.5, 0.6) is 0 Å². The molecule has 7 heteroatoms. The summed E-state index contributed by atoms with van der Waals surface area (Å²) in [4.78, 5) is 25.3. The first kappa shape index (κ1) is 12.9. The quantitative estimate of drug-likeness (QED) is 0.840. The Bertz CT molecular complexity index is 717. The maximum atomic E-state index is 13.8. The summed E-state index contributed by atoms with van der Waals surface area (Å²) in [6.07, 6.45) is 0.436. The molecule has 2 N–H and O–H groups in total. The number of fused-ring (bicyclic) bond motifs is 1. The maximum Gasteiger partial charge on any atom is 0.267 e. The number of hydrogen-bond acceptors (Lipinski definition) is 2. The fraction of sp³-hybridized carbons (Fsp3) is 0.231. The number of amides is 1. The Balaban J connectivity index is 1.92. The molecule has 0 saturated carbocycles. The molecular formula is C13H11ClFN3O2. The summed E-state index contributed by atoms with van der Waals surface area (Å²) >= 11 is 5.90. The molecule has 104 valence electrons. The standard InChI is InChI=1S/C13H11ClFN3O2/c14-8-2-1-3-9(15)11(8)13(20)18-5-4-7-10(6-18)16-17-12(7)19/h1-3H,4-6H2,(H2,16,17,19). The van der Waals surface area contributed by atoms with Gasteiger partial charge in [0.2, 0.25) is 0 Å². The summed E-state index contributed by atoms with van der Waals surface area (Å²) in [6.45, 7) is 0.592. The molecular weight excluding hydrogens is 285 g/mol. The number of carbonyl (C=O) groups excluding carboxylic acids is 1. The van der Waals surface area contributed by atoms with Crippen molar-refractivity contribution in [1.82, 2.24) is 15.1 Å². The Morgan fingerprint density at radius 2 is 2.15 bits per heavy atom. The predicted octanol–water partition coefficient (Wildman–Crippen LogP) is 1.69. The predicted molar refractivity (Wildman–Crippen MR) is 71.3 cm³/mol. The third kappa shape index (κ3) is 2.02. The van der Waals surface area contributed by atoms with Crippen LogP contribution in [0.4, 0.5) is 4.39 Å². The molecule has 5 nitrogen and oxygen atoms in total. The summed E-state index contributed by atoms with van der Waals surface area (Å²) < 4.78 is 13.8. The molecule has 0 atom stereocenters. The van der Waals surface area contributed by atoms with Gasteiger partial charge in [0, 0.05) is 12.1 Å². The molecule has 3 rings (SSSR count). The summed E-state index contributed by atoms with van der Waals surface area (Å²) in [6, 6.07) is 4.13. The highest BCUT2D eigenvalue weighted by atomic mass is 35.5. The Morgan fingerprint density at radius 3 is 2.90 bits per heavy atom. The van der Waals surface area contributed by atoms with E-state index in [1.807, 2.05) is 0 Å². The van der Waals surface area contributed by atoms with Crippen molar-refractivity contribution < 1.29 is 9.18 Å². The zero-order chi connectivity index (χ0) is 14.3. The SMILES string of the molecule is O=C(c1c(F)cccc1Cl)N1CCc2c([nH][nH]c2=O)C1. The van der Waals surface area contributed by atoms with E-state index in [1.54, 1.807) is 0 Å². The summed E-state index contributed by atoms with van der Waals surface area (Å²) in [5.74, 6) is -1.11. The van der Waals surface area contributed by atoms with Crippen molar-refractivity contribution in [2.45, 2.75) is 13.0 Å². The molecule has 0 saturated heterocycles. The second-order valence-electron chi connectivity index (χ2n) is 4.61. The Hall–Kier alpha value is -2.08. The van der Waals surface area contributed by atoms with Gasteiger partial charge in [-0.15, -0.1) is 0 Å². The molecule has 20 heavy (non-hydrogen) atoms. The van der Waals surface area contributed by atoms with Crippen molar-refractivity contribution in [2.24, 2.45) is 0 Å². The van der Waals surface area contributed by atoms with Crippen LogP contribution in [0.1, 0.15) is 21.6 Å². The number of aromatic nitrogens is 2. The minimum absolute atomic E-state index is 0.0864. The van der Waals surface area contributed by atoms with Crippen LogP contribution in [0.3, 0.4) is 0 Å². The number of H-pyrrole nitrogens is 2. The topological polar surface area (TPSA) is 69.0 Å². The Labute approximate surface area is 118 Å². The molecule has 0 aliphatic carbocycles. The van der Waals surface area contributed by atoms with Gasteiger partial charge in [0.1, 0.15) is 5.82 Å². The largest absolute Gasteiger partial charge is 0.332 e. The fourth-order valence-electron chi connectivity index (χ4n) is 2.37. The van der Waals surface area contributed by atoms with Crippen LogP contribution in [-0.4, -0.2) is 27.5 Å². The molecule has 2 aromatic rings. The van der Waals surface area contributed by atoms with Crippen LogP contribution < -0.4 is 5.56 Å². The van der Waals surface area contributed by atoms with Crippen LogP contribution in [0.2, 0.25) is 5.02 Å². The molecule has 0 spiro atoms. The average molecular weight is 296 g/mol. The molecule has 2 heterocycles. The third-order valence-corrected chi connectivity index (χ3v) is 3.72. The molecule has 0 radical (unpaired) electrons. The number of nitrogens with one attached hydrogen (secondary N) is 2. The van der Waals surface area contributed by atoms with Crippen LogP contribution in [0, 0.1) is 5.82 Å². The number of hydrogen-bond donors (Lipinski definition) is 2. The molecule has 1 aromatic heterocycles. The van der Waals surface area contributed by atoms with E-state index in [0.717, 1.165) is 0 Å². The highest BCUT2D eigenvalue weighted by Crippen LogP contribution is 2.23. The van der Waals surface area contributed by atoms with E-state index in [1.165, 1.54) is 23.1 Å². The van der Waals surface area contributed by atoms with Gasteiger partial charge in [-0.1, -0.05) is 17.7 Å². The summed E-state index contributed by atoms with van der Waals surface area (Å²) in [5, 5.41) is 5.30. The van der Waals surface area contributed by atoms with Crippen molar-refractivity contribution in [3.8, 4) is 0 Å². The third-order valence-electron chi connectivity index (χ3n) is 3.41. The van der Waals surface area contributed by atoms with Crippen molar-refractivity contribution in [2.75, 3.05) is 6.54 Å².